The second-order valence-corrected chi connectivity index (χ2v) is 6.72. The number of aromatic nitrogens is 3. The number of ether oxygens (including phenoxy) is 1. The van der Waals surface area contributed by atoms with Crippen LogP contribution in [0.25, 0.3) is 11.4 Å². The van der Waals surface area contributed by atoms with E-state index in [2.05, 4.69) is 15.5 Å². The molecule has 2 aromatic carbocycles. The van der Waals surface area contributed by atoms with Crippen LogP contribution in [-0.2, 0) is 4.79 Å². The number of carbonyl (C=O) groups is 1. The minimum absolute atomic E-state index is 0.0486. The van der Waals surface area contributed by atoms with Gasteiger partial charge >= 0.3 is 0 Å². The van der Waals surface area contributed by atoms with Crippen LogP contribution in [-0.4, -0.2) is 33.6 Å². The molecule has 27 heavy (non-hydrogen) atoms. The first-order valence-corrected chi connectivity index (χ1v) is 9.07. The summed E-state index contributed by atoms with van der Waals surface area (Å²) in [6.45, 7) is 0. The second-order valence-electron chi connectivity index (χ2n) is 5.37. The van der Waals surface area contributed by atoms with Crippen molar-refractivity contribution in [2.75, 3.05) is 24.0 Å². The number of nitrogen functional groups attached to an aromatic ring is 1. The normalized spacial score (nSPS) is 10.6. The van der Waals surface area contributed by atoms with Gasteiger partial charge in [-0.2, -0.15) is 0 Å². The molecule has 0 atom stereocenters. The molecule has 3 rings (SSSR count). The Balaban J connectivity index is 1.63. The van der Waals surface area contributed by atoms with Gasteiger partial charge in [-0.1, -0.05) is 23.4 Å². The van der Waals surface area contributed by atoms with E-state index in [9.17, 15) is 9.18 Å². The highest BCUT2D eigenvalue weighted by molar-refractivity contribution is 7.99. The Morgan fingerprint density at radius 2 is 2.04 bits per heavy atom. The van der Waals surface area contributed by atoms with Crippen molar-refractivity contribution < 1.29 is 13.9 Å². The Hall–Kier alpha value is -2.78. The van der Waals surface area contributed by atoms with E-state index < -0.39 is 5.82 Å². The number of hydrogen-bond acceptors (Lipinski definition) is 6. The molecule has 0 unspecified atom stereocenters. The Morgan fingerprint density at radius 3 is 2.70 bits per heavy atom. The topological polar surface area (TPSA) is 95.1 Å². The standard InChI is InChI=1S/C17H15ClFN5O2S/c1-26-12-5-2-10(3-6-12)16-22-23-17(24(16)20)27-9-15(25)21-11-4-7-14(19)13(18)8-11/h2-8H,9,20H2,1H3,(H,21,25). The summed E-state index contributed by atoms with van der Waals surface area (Å²) in [4.78, 5) is 12.1. The molecule has 1 amide bonds. The van der Waals surface area contributed by atoms with Gasteiger partial charge in [0.15, 0.2) is 5.82 Å². The number of amides is 1. The van der Waals surface area contributed by atoms with E-state index in [0.29, 0.717) is 22.4 Å². The van der Waals surface area contributed by atoms with E-state index in [1.165, 1.54) is 22.9 Å². The largest absolute Gasteiger partial charge is 0.497 e. The average Bonchev–Trinajstić information content (AvgIpc) is 3.03. The SMILES string of the molecule is COc1ccc(-c2nnc(SCC(=O)Nc3ccc(F)c(Cl)c3)n2N)cc1. The third kappa shape index (κ3) is 4.50. The molecule has 0 saturated heterocycles. The highest BCUT2D eigenvalue weighted by atomic mass is 35.5. The van der Waals surface area contributed by atoms with Crippen LogP contribution in [0.2, 0.25) is 5.02 Å². The average molecular weight is 408 g/mol. The first-order valence-electron chi connectivity index (χ1n) is 7.70. The lowest BCUT2D eigenvalue weighted by molar-refractivity contribution is -0.113. The van der Waals surface area contributed by atoms with Crippen LogP contribution < -0.4 is 15.9 Å². The summed E-state index contributed by atoms with van der Waals surface area (Å²) < 4.78 is 19.6. The fraction of sp³-hybridized carbons (Fsp3) is 0.118. The summed E-state index contributed by atoms with van der Waals surface area (Å²) in [5.41, 5.74) is 1.17. The van der Waals surface area contributed by atoms with Crippen molar-refractivity contribution in [3.05, 3.63) is 53.3 Å². The van der Waals surface area contributed by atoms with Crippen molar-refractivity contribution in [3.8, 4) is 17.1 Å². The quantitative estimate of drug-likeness (QED) is 0.481. The number of hydrogen-bond donors (Lipinski definition) is 2. The van der Waals surface area contributed by atoms with Gasteiger partial charge in [0.25, 0.3) is 0 Å². The first kappa shape index (κ1) is 19.0. The molecular weight excluding hydrogens is 393 g/mol. The van der Waals surface area contributed by atoms with Gasteiger partial charge in [0, 0.05) is 11.3 Å². The Bertz CT molecular complexity index is 964. The summed E-state index contributed by atoms with van der Waals surface area (Å²) in [6, 6.07) is 11.2. The van der Waals surface area contributed by atoms with Crippen LogP contribution in [0.4, 0.5) is 10.1 Å². The van der Waals surface area contributed by atoms with Gasteiger partial charge in [-0.25, -0.2) is 9.07 Å². The number of anilines is 1. The maximum Gasteiger partial charge on any atom is 0.234 e. The molecule has 10 heteroatoms. The van der Waals surface area contributed by atoms with E-state index >= 15 is 0 Å². The van der Waals surface area contributed by atoms with Crippen LogP contribution in [0.3, 0.4) is 0 Å². The van der Waals surface area contributed by atoms with E-state index in [1.807, 2.05) is 12.1 Å². The molecule has 140 valence electrons. The zero-order chi connectivity index (χ0) is 19.4. The zero-order valence-electron chi connectivity index (χ0n) is 14.1. The molecule has 3 aromatic rings. The summed E-state index contributed by atoms with van der Waals surface area (Å²) in [7, 11) is 1.58. The summed E-state index contributed by atoms with van der Waals surface area (Å²) in [5.74, 6) is 6.40. The highest BCUT2D eigenvalue weighted by Crippen LogP contribution is 2.24. The maximum atomic E-state index is 13.1. The van der Waals surface area contributed by atoms with Crippen molar-refractivity contribution in [3.63, 3.8) is 0 Å². The number of benzene rings is 2. The molecule has 3 N–H and O–H groups in total. The zero-order valence-corrected chi connectivity index (χ0v) is 15.7. The predicted molar refractivity (Wildman–Crippen MR) is 103 cm³/mol. The number of nitrogens with one attached hydrogen (secondary N) is 1. The number of halogens is 2. The van der Waals surface area contributed by atoms with Gasteiger partial charge in [0.2, 0.25) is 11.1 Å². The number of methoxy groups -OCH3 is 1. The Kier molecular flexibility index (Phi) is 5.82. The lowest BCUT2D eigenvalue weighted by Crippen LogP contribution is -2.16. The van der Waals surface area contributed by atoms with Gasteiger partial charge in [-0.05, 0) is 42.5 Å². The van der Waals surface area contributed by atoms with Crippen LogP contribution in [0.5, 0.6) is 5.75 Å². The van der Waals surface area contributed by atoms with Crippen molar-refractivity contribution in [2.24, 2.45) is 0 Å². The number of carbonyl (C=O) groups excluding carboxylic acids is 1. The number of nitrogens with zero attached hydrogens (tertiary/aromatic N) is 3. The smallest absolute Gasteiger partial charge is 0.234 e. The lowest BCUT2D eigenvalue weighted by atomic mass is 10.2. The minimum Gasteiger partial charge on any atom is -0.497 e. The Labute approximate surface area is 163 Å². The van der Waals surface area contributed by atoms with Gasteiger partial charge in [-0.15, -0.1) is 10.2 Å². The second kappa shape index (κ2) is 8.28. The molecule has 0 fully saturated rings. The van der Waals surface area contributed by atoms with E-state index in [4.69, 9.17) is 22.2 Å². The predicted octanol–water partition coefficient (Wildman–Crippen LogP) is 3.19. The fourth-order valence-corrected chi connectivity index (χ4v) is 3.05. The fourth-order valence-electron chi connectivity index (χ4n) is 2.21. The van der Waals surface area contributed by atoms with Gasteiger partial charge < -0.3 is 15.9 Å². The summed E-state index contributed by atoms with van der Waals surface area (Å²) >= 11 is 6.82. The molecule has 1 heterocycles. The summed E-state index contributed by atoms with van der Waals surface area (Å²) in [6.07, 6.45) is 0. The number of thioether (sulfide) groups is 1. The molecule has 0 bridgehead atoms. The van der Waals surface area contributed by atoms with E-state index in [0.717, 1.165) is 17.3 Å². The number of rotatable bonds is 6. The van der Waals surface area contributed by atoms with Crippen LogP contribution in [0.1, 0.15) is 0 Å². The van der Waals surface area contributed by atoms with Crippen molar-refractivity contribution >= 4 is 35.0 Å². The van der Waals surface area contributed by atoms with Crippen LogP contribution in [0, 0.1) is 5.82 Å². The molecule has 7 nitrogen and oxygen atoms in total. The molecule has 0 saturated carbocycles. The monoisotopic (exact) mass is 407 g/mol. The third-order valence-corrected chi connectivity index (χ3v) is 4.78. The van der Waals surface area contributed by atoms with Crippen molar-refractivity contribution in [1.82, 2.24) is 14.9 Å². The molecule has 1 aromatic heterocycles. The number of nitrogens with two attached hydrogens (primary N) is 1. The molecule has 0 aliphatic carbocycles. The maximum absolute atomic E-state index is 13.1. The van der Waals surface area contributed by atoms with Gasteiger partial charge in [0.05, 0.1) is 17.9 Å². The minimum atomic E-state index is -0.550. The first-order chi connectivity index (χ1) is 13.0. The van der Waals surface area contributed by atoms with Crippen LogP contribution in [0.15, 0.2) is 47.6 Å². The molecular formula is C17H15ClFN5O2S. The molecule has 0 spiro atoms. The highest BCUT2D eigenvalue weighted by Gasteiger charge is 2.14. The van der Waals surface area contributed by atoms with Crippen molar-refractivity contribution in [2.45, 2.75) is 5.16 Å². The van der Waals surface area contributed by atoms with Gasteiger partial charge in [-0.3, -0.25) is 4.79 Å². The summed E-state index contributed by atoms with van der Waals surface area (Å²) in [5, 5.41) is 11.0. The van der Waals surface area contributed by atoms with Crippen molar-refractivity contribution in [1.29, 1.82) is 0 Å². The molecule has 0 aliphatic rings. The van der Waals surface area contributed by atoms with E-state index in [-0.39, 0.29) is 16.7 Å². The van der Waals surface area contributed by atoms with Gasteiger partial charge in [0.1, 0.15) is 11.6 Å². The Morgan fingerprint density at radius 1 is 1.30 bits per heavy atom. The van der Waals surface area contributed by atoms with E-state index in [1.54, 1.807) is 19.2 Å². The molecule has 0 aliphatic heterocycles. The lowest BCUT2D eigenvalue weighted by Gasteiger charge is -2.06. The molecule has 0 radical (unpaired) electrons. The van der Waals surface area contributed by atoms with Crippen LogP contribution >= 0.6 is 23.4 Å². The third-order valence-electron chi connectivity index (χ3n) is 3.55.